The number of aliphatic hydroxyl groups excluding tert-OH is 2. The number of H-pyrrole nitrogens is 1. The number of hydrogen-bond acceptors (Lipinski definition) is 5. The van der Waals surface area contributed by atoms with Crippen molar-refractivity contribution in [2.24, 2.45) is 10.7 Å². The van der Waals surface area contributed by atoms with E-state index in [1.54, 1.807) is 12.3 Å². The van der Waals surface area contributed by atoms with Crippen LogP contribution in [0.2, 0.25) is 0 Å². The Bertz CT molecular complexity index is 1090. The summed E-state index contributed by atoms with van der Waals surface area (Å²) in [7, 11) is 1.51. The lowest BCUT2D eigenvalue weighted by molar-refractivity contribution is -0.112. The van der Waals surface area contributed by atoms with E-state index in [0.717, 1.165) is 0 Å². The summed E-state index contributed by atoms with van der Waals surface area (Å²) in [5, 5.41) is 20.0. The van der Waals surface area contributed by atoms with Gasteiger partial charge in [0.2, 0.25) is 0 Å². The predicted molar refractivity (Wildman–Crippen MR) is 99.2 cm³/mol. The third kappa shape index (κ3) is 3.68. The molecule has 7 nitrogen and oxygen atoms in total. The topological polar surface area (TPSA) is 121 Å². The number of nitrogens with zero attached hydrogens (tertiary/aromatic N) is 1. The molecular weight excluding hydrogens is 365 g/mol. The number of carbonyl (C=O) groups excluding carboxylic acids is 1. The van der Waals surface area contributed by atoms with Gasteiger partial charge in [0.1, 0.15) is 17.7 Å². The van der Waals surface area contributed by atoms with Crippen molar-refractivity contribution in [2.45, 2.75) is 31.6 Å². The maximum absolute atomic E-state index is 14.5. The van der Waals surface area contributed by atoms with Crippen LogP contribution in [-0.2, 0) is 11.2 Å². The Morgan fingerprint density at radius 1 is 1.36 bits per heavy atom. The van der Waals surface area contributed by atoms with Crippen molar-refractivity contribution >= 4 is 11.5 Å². The van der Waals surface area contributed by atoms with Crippen molar-refractivity contribution in [2.75, 3.05) is 7.11 Å². The Hall–Kier alpha value is -2.99. The molecule has 0 saturated carbocycles. The first-order chi connectivity index (χ1) is 13.3. The van der Waals surface area contributed by atoms with Gasteiger partial charge in [-0.1, -0.05) is 11.8 Å². The number of benzene rings is 1. The van der Waals surface area contributed by atoms with Crippen molar-refractivity contribution in [3.63, 3.8) is 0 Å². The number of ether oxygens (including phenoxy) is 1. The molecule has 146 valence electrons. The molecule has 0 radical (unpaired) electrons. The third-order valence-electron chi connectivity index (χ3n) is 4.54. The molecular formula is C20H20FN3O4. The molecule has 0 saturated heterocycles. The first-order valence-electron chi connectivity index (χ1n) is 8.61. The van der Waals surface area contributed by atoms with Gasteiger partial charge in [0.15, 0.2) is 0 Å². The van der Waals surface area contributed by atoms with E-state index in [4.69, 9.17) is 10.5 Å². The first-order valence-corrected chi connectivity index (χ1v) is 8.61. The Labute approximate surface area is 160 Å². The average Bonchev–Trinajstić information content (AvgIpc) is 3.24. The fourth-order valence-corrected chi connectivity index (χ4v) is 2.94. The molecule has 0 fully saturated rings. The van der Waals surface area contributed by atoms with Crippen molar-refractivity contribution in [3.8, 4) is 17.6 Å². The van der Waals surface area contributed by atoms with Crippen LogP contribution in [0.3, 0.4) is 0 Å². The molecule has 1 aromatic heterocycles. The molecule has 28 heavy (non-hydrogen) atoms. The fourth-order valence-electron chi connectivity index (χ4n) is 2.94. The number of halogens is 1. The molecule has 2 heterocycles. The third-order valence-corrected chi connectivity index (χ3v) is 4.54. The van der Waals surface area contributed by atoms with Gasteiger partial charge in [-0.05, 0) is 25.1 Å². The van der Waals surface area contributed by atoms with Gasteiger partial charge in [-0.15, -0.1) is 0 Å². The normalized spacial score (nSPS) is 15.9. The van der Waals surface area contributed by atoms with Crippen molar-refractivity contribution in [3.05, 3.63) is 52.0 Å². The van der Waals surface area contributed by atoms with E-state index >= 15 is 0 Å². The van der Waals surface area contributed by atoms with E-state index in [1.807, 2.05) is 0 Å². The molecule has 0 aliphatic carbocycles. The van der Waals surface area contributed by atoms with Crippen LogP contribution >= 0.6 is 0 Å². The van der Waals surface area contributed by atoms with Gasteiger partial charge >= 0.3 is 0 Å². The molecule has 1 aromatic carbocycles. The first kappa shape index (κ1) is 19.8. The highest BCUT2D eigenvalue weighted by Crippen LogP contribution is 2.21. The standard InChI is InChI=1S/C20H20FN3O4/c1-10(25)19(22)16(26)6-3-11-13(21)4-5-14-18(11)12(20(27)24-14)9-15-17(28-2)7-8-23-15/h4-5,7-8,10,16,19,23,25-26H,9,22H2,1-2H3/t10-,16-,19+/m1/s1. The zero-order valence-corrected chi connectivity index (χ0v) is 15.4. The van der Waals surface area contributed by atoms with Crippen molar-refractivity contribution in [1.29, 1.82) is 0 Å². The van der Waals surface area contributed by atoms with Gasteiger partial charge in [-0.2, -0.15) is 0 Å². The van der Waals surface area contributed by atoms with Crippen LogP contribution in [0.4, 0.5) is 4.39 Å². The number of aromatic nitrogens is 1. The summed E-state index contributed by atoms with van der Waals surface area (Å²) in [4.78, 5) is 19.4. The zero-order valence-electron chi connectivity index (χ0n) is 15.4. The van der Waals surface area contributed by atoms with Gasteiger partial charge in [0, 0.05) is 23.4 Å². The van der Waals surface area contributed by atoms with Gasteiger partial charge in [-0.25, -0.2) is 9.38 Å². The van der Waals surface area contributed by atoms with Gasteiger partial charge in [0.05, 0.1) is 35.9 Å². The maximum Gasteiger partial charge on any atom is 0.274 e. The lowest BCUT2D eigenvalue weighted by Gasteiger charge is -2.16. The molecule has 0 bridgehead atoms. The number of fused-ring (bicyclic) bond motifs is 1. The van der Waals surface area contributed by atoms with Crippen LogP contribution < -0.4 is 21.0 Å². The second-order valence-corrected chi connectivity index (χ2v) is 6.45. The number of nitrogens with two attached hydrogens (primary N) is 1. The van der Waals surface area contributed by atoms with Crippen LogP contribution in [0.15, 0.2) is 29.4 Å². The highest BCUT2D eigenvalue weighted by atomic mass is 19.1. The summed E-state index contributed by atoms with van der Waals surface area (Å²) in [6.07, 6.45) is -0.531. The molecule has 5 N–H and O–H groups in total. The van der Waals surface area contributed by atoms with E-state index in [0.29, 0.717) is 16.8 Å². The molecule has 1 amide bonds. The van der Waals surface area contributed by atoms with Crippen molar-refractivity contribution in [1.82, 2.24) is 4.98 Å². The molecule has 2 aromatic rings. The molecule has 8 heteroatoms. The second-order valence-electron chi connectivity index (χ2n) is 6.45. The number of aromatic amines is 1. The van der Waals surface area contributed by atoms with Crippen LogP contribution in [0.5, 0.6) is 5.75 Å². The minimum atomic E-state index is -1.36. The summed E-state index contributed by atoms with van der Waals surface area (Å²) in [6, 6.07) is 3.28. The lowest BCUT2D eigenvalue weighted by atomic mass is 10.0. The highest BCUT2D eigenvalue weighted by Gasteiger charge is 2.23. The van der Waals surface area contributed by atoms with E-state index < -0.39 is 30.0 Å². The molecule has 0 spiro atoms. The van der Waals surface area contributed by atoms with Gasteiger partial charge < -0.3 is 25.7 Å². The molecule has 3 rings (SSSR count). The minimum absolute atomic E-state index is 0.0514. The Morgan fingerprint density at radius 3 is 2.79 bits per heavy atom. The SMILES string of the molecule is COc1cc[nH]c1CC1=c2c(C#C[C@@H](O)[C@@H](N)[C@@H](C)O)c(F)ccc2=NC1=O. The van der Waals surface area contributed by atoms with E-state index in [-0.39, 0.29) is 22.8 Å². The monoisotopic (exact) mass is 385 g/mol. The molecule has 1 aliphatic rings. The molecule has 3 atom stereocenters. The fraction of sp³-hybridized carbons (Fsp3) is 0.300. The van der Waals surface area contributed by atoms with Gasteiger partial charge in [0.25, 0.3) is 5.91 Å². The minimum Gasteiger partial charge on any atom is -0.495 e. The number of hydrogen-bond donors (Lipinski definition) is 4. The highest BCUT2D eigenvalue weighted by molar-refractivity contribution is 6.16. The van der Waals surface area contributed by atoms with Crippen LogP contribution in [0, 0.1) is 17.7 Å². The molecule has 0 unspecified atom stereocenters. The van der Waals surface area contributed by atoms with Crippen LogP contribution in [0.25, 0.3) is 5.57 Å². The number of carbonyl (C=O) groups is 1. The number of rotatable bonds is 5. The quantitative estimate of drug-likeness (QED) is 0.499. The summed E-state index contributed by atoms with van der Waals surface area (Å²) >= 11 is 0. The lowest BCUT2D eigenvalue weighted by Crippen LogP contribution is -2.42. The zero-order chi connectivity index (χ0) is 20.4. The summed E-state index contributed by atoms with van der Waals surface area (Å²) in [5.74, 6) is 4.45. The number of nitrogens with one attached hydrogen (secondary N) is 1. The van der Waals surface area contributed by atoms with E-state index in [9.17, 15) is 19.4 Å². The predicted octanol–water partition coefficient (Wildman–Crippen LogP) is -0.864. The largest absolute Gasteiger partial charge is 0.495 e. The average molecular weight is 385 g/mol. The van der Waals surface area contributed by atoms with Crippen LogP contribution in [-0.4, -0.2) is 46.5 Å². The Balaban J connectivity index is 2.13. The summed E-state index contributed by atoms with van der Waals surface area (Å²) in [6.45, 7) is 1.42. The number of aliphatic hydroxyl groups is 2. The summed E-state index contributed by atoms with van der Waals surface area (Å²) in [5.41, 5.74) is 6.52. The smallest absolute Gasteiger partial charge is 0.274 e. The van der Waals surface area contributed by atoms with Crippen LogP contribution in [0.1, 0.15) is 18.2 Å². The van der Waals surface area contributed by atoms with E-state index in [1.165, 1.54) is 26.2 Å². The maximum atomic E-state index is 14.5. The van der Waals surface area contributed by atoms with Gasteiger partial charge in [-0.3, -0.25) is 4.79 Å². The molecule has 1 aliphatic heterocycles. The summed E-state index contributed by atoms with van der Waals surface area (Å²) < 4.78 is 19.8. The second kappa shape index (κ2) is 7.94. The van der Waals surface area contributed by atoms with E-state index in [2.05, 4.69) is 21.8 Å². The van der Waals surface area contributed by atoms with Crippen molar-refractivity contribution < 1.29 is 24.1 Å². The Kier molecular flexibility index (Phi) is 5.61. The Morgan fingerprint density at radius 2 is 2.11 bits per heavy atom. The number of amides is 1. The number of methoxy groups -OCH3 is 1.